The first kappa shape index (κ1) is 12.9. The summed E-state index contributed by atoms with van der Waals surface area (Å²) in [5.74, 6) is 0.309. The molecule has 0 spiro atoms. The number of piperidine rings is 1. The van der Waals surface area contributed by atoms with Gasteiger partial charge in [-0.3, -0.25) is 0 Å². The van der Waals surface area contributed by atoms with Gasteiger partial charge in [0.1, 0.15) is 0 Å². The Kier molecular flexibility index (Phi) is 4.43. The Morgan fingerprint density at radius 2 is 2.18 bits per heavy atom. The molecule has 0 amide bonds. The van der Waals surface area contributed by atoms with Crippen molar-refractivity contribution < 1.29 is 5.11 Å². The van der Waals surface area contributed by atoms with E-state index in [0.29, 0.717) is 5.92 Å². The molecule has 3 heteroatoms. The Bertz CT molecular complexity index is 369. The number of hydrogen-bond donors (Lipinski definition) is 1. The second kappa shape index (κ2) is 5.85. The van der Waals surface area contributed by atoms with Crippen molar-refractivity contribution in [1.82, 2.24) is 4.90 Å². The fourth-order valence-corrected chi connectivity index (χ4v) is 2.74. The third-order valence-corrected chi connectivity index (χ3v) is 4.03. The molecule has 2 rings (SSSR count). The lowest BCUT2D eigenvalue weighted by molar-refractivity contribution is 0.0290. The summed E-state index contributed by atoms with van der Waals surface area (Å²) in [6, 6.07) is 7.93. The minimum Gasteiger partial charge on any atom is -0.393 e. The van der Waals surface area contributed by atoms with Crippen molar-refractivity contribution in [3.05, 3.63) is 34.9 Å². The molecule has 1 aliphatic rings. The highest BCUT2D eigenvalue weighted by molar-refractivity contribution is 6.31. The van der Waals surface area contributed by atoms with Crippen LogP contribution in [0, 0.1) is 5.92 Å². The molecule has 2 atom stereocenters. The number of benzene rings is 1. The second-order valence-electron chi connectivity index (χ2n) is 4.80. The van der Waals surface area contributed by atoms with E-state index in [0.717, 1.165) is 43.1 Å². The summed E-state index contributed by atoms with van der Waals surface area (Å²) in [7, 11) is 0. The second-order valence-corrected chi connectivity index (χ2v) is 5.21. The van der Waals surface area contributed by atoms with E-state index in [1.54, 1.807) is 0 Å². The number of likely N-dealkylation sites (tertiary alicyclic amines) is 1. The number of rotatable bonds is 3. The van der Waals surface area contributed by atoms with Crippen molar-refractivity contribution in [2.24, 2.45) is 5.92 Å². The number of halogens is 1. The van der Waals surface area contributed by atoms with Crippen LogP contribution in [0.25, 0.3) is 0 Å². The number of aliphatic hydroxyl groups excluding tert-OH is 1. The minimum atomic E-state index is -0.186. The van der Waals surface area contributed by atoms with Gasteiger partial charge in [-0.25, -0.2) is 0 Å². The molecule has 1 aliphatic heterocycles. The topological polar surface area (TPSA) is 23.5 Å². The number of hydrogen-bond acceptors (Lipinski definition) is 2. The minimum absolute atomic E-state index is 0.186. The summed E-state index contributed by atoms with van der Waals surface area (Å²) in [6.45, 7) is 5.22. The summed E-state index contributed by atoms with van der Waals surface area (Å²) in [4.78, 5) is 2.40. The van der Waals surface area contributed by atoms with Crippen LogP contribution in [0.2, 0.25) is 5.02 Å². The molecule has 1 aromatic rings. The number of nitrogens with zero attached hydrogens (tertiary/aromatic N) is 1. The molecule has 1 N–H and O–H groups in total. The lowest BCUT2D eigenvalue weighted by atomic mass is 9.89. The van der Waals surface area contributed by atoms with Crippen LogP contribution < -0.4 is 0 Å². The normalized spacial score (nSPS) is 26.1. The van der Waals surface area contributed by atoms with Crippen molar-refractivity contribution in [2.45, 2.75) is 25.9 Å². The summed E-state index contributed by atoms with van der Waals surface area (Å²) in [5, 5.41) is 10.9. The van der Waals surface area contributed by atoms with Gasteiger partial charge >= 0.3 is 0 Å². The molecule has 17 heavy (non-hydrogen) atoms. The van der Waals surface area contributed by atoms with Crippen LogP contribution in [0.4, 0.5) is 0 Å². The van der Waals surface area contributed by atoms with E-state index in [1.165, 1.54) is 0 Å². The Labute approximate surface area is 108 Å². The SMILES string of the molecule is CCN1CCC(O)C(Cc2ccccc2Cl)C1. The molecule has 1 aromatic carbocycles. The first-order valence-electron chi connectivity index (χ1n) is 6.34. The van der Waals surface area contributed by atoms with Gasteiger partial charge in [0, 0.05) is 24.0 Å². The van der Waals surface area contributed by atoms with Crippen LogP contribution in [0.1, 0.15) is 18.9 Å². The molecule has 1 saturated heterocycles. The summed E-state index contributed by atoms with van der Waals surface area (Å²) < 4.78 is 0. The molecule has 0 bridgehead atoms. The zero-order chi connectivity index (χ0) is 12.3. The molecule has 0 saturated carbocycles. The van der Waals surface area contributed by atoms with Crippen LogP contribution in [0.3, 0.4) is 0 Å². The van der Waals surface area contributed by atoms with Gasteiger partial charge in [0.25, 0.3) is 0 Å². The highest BCUT2D eigenvalue weighted by Crippen LogP contribution is 2.24. The van der Waals surface area contributed by atoms with Gasteiger partial charge in [-0.1, -0.05) is 36.7 Å². The molecular weight excluding hydrogens is 234 g/mol. The Balaban J connectivity index is 2.04. The predicted octanol–water partition coefficient (Wildman–Crippen LogP) is 2.59. The Hall–Kier alpha value is -0.570. The molecule has 94 valence electrons. The van der Waals surface area contributed by atoms with E-state index < -0.39 is 0 Å². The van der Waals surface area contributed by atoms with Crippen LogP contribution in [-0.4, -0.2) is 35.7 Å². The standard InChI is InChI=1S/C14H20ClNO/c1-2-16-8-7-14(17)12(10-16)9-11-5-3-4-6-13(11)15/h3-6,12,14,17H,2,7-10H2,1H3. The molecule has 2 nitrogen and oxygen atoms in total. The lowest BCUT2D eigenvalue weighted by Crippen LogP contribution is -2.43. The molecule has 1 fully saturated rings. The molecule has 1 heterocycles. The fraction of sp³-hybridized carbons (Fsp3) is 0.571. The van der Waals surface area contributed by atoms with E-state index in [2.05, 4.69) is 17.9 Å². The van der Waals surface area contributed by atoms with Crippen LogP contribution >= 0.6 is 11.6 Å². The fourth-order valence-electron chi connectivity index (χ4n) is 2.53. The lowest BCUT2D eigenvalue weighted by Gasteiger charge is -2.35. The van der Waals surface area contributed by atoms with Gasteiger partial charge in [-0.05, 0) is 31.0 Å². The Morgan fingerprint density at radius 3 is 2.88 bits per heavy atom. The molecular formula is C14H20ClNO. The van der Waals surface area contributed by atoms with Crippen LogP contribution in [-0.2, 0) is 6.42 Å². The van der Waals surface area contributed by atoms with E-state index in [-0.39, 0.29) is 6.10 Å². The maximum absolute atomic E-state index is 10.1. The van der Waals surface area contributed by atoms with Crippen molar-refractivity contribution in [1.29, 1.82) is 0 Å². The largest absolute Gasteiger partial charge is 0.393 e. The highest BCUT2D eigenvalue weighted by atomic mass is 35.5. The van der Waals surface area contributed by atoms with Gasteiger partial charge in [-0.15, -0.1) is 0 Å². The third-order valence-electron chi connectivity index (χ3n) is 3.67. The van der Waals surface area contributed by atoms with Crippen molar-refractivity contribution in [3.63, 3.8) is 0 Å². The number of aliphatic hydroxyl groups is 1. The first-order chi connectivity index (χ1) is 8.20. The average molecular weight is 254 g/mol. The van der Waals surface area contributed by atoms with Gasteiger partial charge in [0.15, 0.2) is 0 Å². The molecule has 0 aromatic heterocycles. The Morgan fingerprint density at radius 1 is 1.41 bits per heavy atom. The summed E-state index contributed by atoms with van der Waals surface area (Å²) in [5.41, 5.74) is 1.15. The summed E-state index contributed by atoms with van der Waals surface area (Å²) in [6.07, 6.45) is 1.56. The van der Waals surface area contributed by atoms with E-state index >= 15 is 0 Å². The van der Waals surface area contributed by atoms with Gasteiger partial charge in [0.05, 0.1) is 6.10 Å². The average Bonchev–Trinajstić information content (AvgIpc) is 2.35. The predicted molar refractivity (Wildman–Crippen MR) is 71.4 cm³/mol. The monoisotopic (exact) mass is 253 g/mol. The van der Waals surface area contributed by atoms with Crippen LogP contribution in [0.5, 0.6) is 0 Å². The third kappa shape index (κ3) is 3.21. The van der Waals surface area contributed by atoms with Crippen molar-refractivity contribution >= 4 is 11.6 Å². The van der Waals surface area contributed by atoms with E-state index in [9.17, 15) is 5.11 Å². The van der Waals surface area contributed by atoms with Crippen LogP contribution in [0.15, 0.2) is 24.3 Å². The molecule has 0 aliphatic carbocycles. The zero-order valence-corrected chi connectivity index (χ0v) is 11.0. The summed E-state index contributed by atoms with van der Waals surface area (Å²) >= 11 is 6.17. The molecule has 2 unspecified atom stereocenters. The zero-order valence-electron chi connectivity index (χ0n) is 10.3. The highest BCUT2D eigenvalue weighted by Gasteiger charge is 2.27. The quantitative estimate of drug-likeness (QED) is 0.895. The molecule has 0 radical (unpaired) electrons. The van der Waals surface area contributed by atoms with E-state index in [4.69, 9.17) is 11.6 Å². The van der Waals surface area contributed by atoms with Gasteiger partial charge < -0.3 is 10.0 Å². The first-order valence-corrected chi connectivity index (χ1v) is 6.72. The maximum Gasteiger partial charge on any atom is 0.0596 e. The van der Waals surface area contributed by atoms with Gasteiger partial charge in [0.2, 0.25) is 0 Å². The van der Waals surface area contributed by atoms with E-state index in [1.807, 2.05) is 18.2 Å². The van der Waals surface area contributed by atoms with Crippen molar-refractivity contribution in [2.75, 3.05) is 19.6 Å². The van der Waals surface area contributed by atoms with Gasteiger partial charge in [-0.2, -0.15) is 0 Å². The smallest absolute Gasteiger partial charge is 0.0596 e. The van der Waals surface area contributed by atoms with Crippen molar-refractivity contribution in [3.8, 4) is 0 Å². The maximum atomic E-state index is 10.1.